The molecule has 146 valence electrons. The minimum Gasteiger partial charge on any atom is -0.462 e. The third-order valence-corrected chi connectivity index (χ3v) is 5.20. The van der Waals surface area contributed by atoms with E-state index in [9.17, 15) is 14.9 Å². The van der Waals surface area contributed by atoms with Gasteiger partial charge in [-0.1, -0.05) is 23.9 Å². The van der Waals surface area contributed by atoms with Crippen molar-refractivity contribution in [1.29, 1.82) is 5.26 Å². The van der Waals surface area contributed by atoms with Crippen molar-refractivity contribution in [3.63, 3.8) is 0 Å². The molecule has 0 aliphatic carbocycles. The summed E-state index contributed by atoms with van der Waals surface area (Å²) in [7, 11) is 0. The smallest absolute Gasteiger partial charge is 0.340 e. The van der Waals surface area contributed by atoms with Crippen LogP contribution in [0.3, 0.4) is 0 Å². The number of aromatic nitrogens is 1. The van der Waals surface area contributed by atoms with Gasteiger partial charge in [0.1, 0.15) is 11.1 Å². The van der Waals surface area contributed by atoms with E-state index in [0.29, 0.717) is 10.7 Å². The fourth-order valence-corrected chi connectivity index (χ4v) is 3.42. The number of rotatable bonds is 6. The largest absolute Gasteiger partial charge is 0.462 e. The average molecular weight is 398 g/mol. The number of hydrogen-bond acceptors (Lipinski definition) is 6. The number of carbonyl (C=O) groups is 2. The quantitative estimate of drug-likeness (QED) is 0.581. The van der Waals surface area contributed by atoms with Gasteiger partial charge in [-0.05, 0) is 57.9 Å². The van der Waals surface area contributed by atoms with E-state index in [4.69, 9.17) is 4.74 Å². The van der Waals surface area contributed by atoms with Crippen molar-refractivity contribution in [2.24, 2.45) is 0 Å². The van der Waals surface area contributed by atoms with Crippen LogP contribution in [0.15, 0.2) is 29.3 Å². The van der Waals surface area contributed by atoms with Gasteiger partial charge in [-0.2, -0.15) is 5.26 Å². The fraction of sp³-hybridized carbons (Fsp3) is 0.333. The number of ether oxygens (including phenoxy) is 1. The van der Waals surface area contributed by atoms with Crippen molar-refractivity contribution in [2.75, 3.05) is 11.9 Å². The Labute approximate surface area is 169 Å². The zero-order valence-electron chi connectivity index (χ0n) is 16.6. The SMILES string of the molecule is CCOC(=O)c1cc(C#N)c(S[C@H](C)C(=O)Nc2cc(C)ccc2C)nc1C. The number of amides is 1. The van der Waals surface area contributed by atoms with E-state index in [1.807, 2.05) is 38.1 Å². The molecule has 2 rings (SSSR count). The molecular weight excluding hydrogens is 374 g/mol. The molecule has 1 amide bonds. The second-order valence-electron chi connectivity index (χ2n) is 6.37. The molecule has 1 atom stereocenters. The molecule has 7 heteroatoms. The number of anilines is 1. The number of pyridine rings is 1. The molecule has 0 aliphatic heterocycles. The lowest BCUT2D eigenvalue weighted by molar-refractivity contribution is -0.115. The van der Waals surface area contributed by atoms with Crippen molar-refractivity contribution in [2.45, 2.75) is 44.9 Å². The Kier molecular flexibility index (Phi) is 7.18. The Morgan fingerprint density at radius 1 is 1.29 bits per heavy atom. The van der Waals surface area contributed by atoms with Crippen molar-refractivity contribution >= 4 is 29.3 Å². The average Bonchev–Trinajstić information content (AvgIpc) is 2.65. The lowest BCUT2D eigenvalue weighted by Crippen LogP contribution is -2.23. The zero-order chi connectivity index (χ0) is 20.8. The number of nitriles is 1. The van der Waals surface area contributed by atoms with Gasteiger partial charge >= 0.3 is 5.97 Å². The molecule has 1 aromatic carbocycles. The molecule has 0 aliphatic rings. The fourth-order valence-electron chi connectivity index (χ4n) is 2.49. The Balaban J connectivity index is 2.21. The molecule has 6 nitrogen and oxygen atoms in total. The zero-order valence-corrected chi connectivity index (χ0v) is 17.4. The van der Waals surface area contributed by atoms with Crippen LogP contribution in [-0.2, 0) is 9.53 Å². The first kappa shape index (κ1) is 21.5. The van der Waals surface area contributed by atoms with Gasteiger partial charge in [0.2, 0.25) is 5.91 Å². The number of aryl methyl sites for hydroxylation is 3. The number of carbonyl (C=O) groups excluding carboxylic acids is 2. The van der Waals surface area contributed by atoms with Crippen LogP contribution >= 0.6 is 11.8 Å². The predicted molar refractivity (Wildman–Crippen MR) is 110 cm³/mol. The molecule has 0 fully saturated rings. The van der Waals surface area contributed by atoms with Gasteiger partial charge < -0.3 is 10.1 Å². The molecule has 0 spiro atoms. The summed E-state index contributed by atoms with van der Waals surface area (Å²) < 4.78 is 5.00. The molecule has 0 radical (unpaired) electrons. The predicted octanol–water partition coefficient (Wildman–Crippen LogP) is 4.17. The van der Waals surface area contributed by atoms with Gasteiger partial charge in [0.25, 0.3) is 0 Å². The van der Waals surface area contributed by atoms with Crippen LogP contribution in [-0.4, -0.2) is 28.7 Å². The second-order valence-corrected chi connectivity index (χ2v) is 7.70. The molecule has 1 N–H and O–H groups in total. The minimum absolute atomic E-state index is 0.184. The highest BCUT2D eigenvalue weighted by molar-refractivity contribution is 8.00. The van der Waals surface area contributed by atoms with Crippen LogP contribution in [0.4, 0.5) is 5.69 Å². The van der Waals surface area contributed by atoms with Gasteiger partial charge in [-0.3, -0.25) is 4.79 Å². The third kappa shape index (κ3) is 5.11. The summed E-state index contributed by atoms with van der Waals surface area (Å²) in [5.41, 5.74) is 3.75. The second kappa shape index (κ2) is 9.38. The molecular formula is C21H23N3O3S. The number of nitrogens with one attached hydrogen (secondary N) is 1. The van der Waals surface area contributed by atoms with Crippen LogP contribution < -0.4 is 5.32 Å². The Morgan fingerprint density at radius 3 is 2.64 bits per heavy atom. The normalized spacial score (nSPS) is 11.4. The minimum atomic E-state index is -0.513. The Bertz CT molecular complexity index is 951. The first-order chi connectivity index (χ1) is 13.3. The summed E-state index contributed by atoms with van der Waals surface area (Å²) in [6.07, 6.45) is 0. The summed E-state index contributed by atoms with van der Waals surface area (Å²) in [6.45, 7) is 9.28. The van der Waals surface area contributed by atoms with Gasteiger partial charge in [0, 0.05) is 5.69 Å². The van der Waals surface area contributed by atoms with E-state index in [0.717, 1.165) is 16.8 Å². The number of thioether (sulfide) groups is 1. The number of nitrogens with zero attached hydrogens (tertiary/aromatic N) is 2. The van der Waals surface area contributed by atoms with Crippen LogP contribution in [0.25, 0.3) is 0 Å². The van der Waals surface area contributed by atoms with Crippen molar-refractivity contribution in [1.82, 2.24) is 4.98 Å². The number of esters is 1. The maximum absolute atomic E-state index is 12.6. The first-order valence-electron chi connectivity index (χ1n) is 8.90. The van der Waals surface area contributed by atoms with Gasteiger partial charge in [0.15, 0.2) is 0 Å². The summed E-state index contributed by atoms with van der Waals surface area (Å²) in [5, 5.41) is 12.3. The third-order valence-electron chi connectivity index (χ3n) is 4.10. The van der Waals surface area contributed by atoms with E-state index < -0.39 is 11.2 Å². The highest BCUT2D eigenvalue weighted by atomic mass is 32.2. The van der Waals surface area contributed by atoms with E-state index in [1.54, 1.807) is 20.8 Å². The molecule has 2 aromatic rings. The molecule has 0 saturated carbocycles. The summed E-state index contributed by atoms with van der Waals surface area (Å²) in [6, 6.07) is 9.38. The van der Waals surface area contributed by atoms with Crippen molar-refractivity contribution in [3.8, 4) is 6.07 Å². The Morgan fingerprint density at radius 2 is 2.00 bits per heavy atom. The van der Waals surface area contributed by atoms with E-state index in [-0.39, 0.29) is 23.6 Å². The van der Waals surface area contributed by atoms with Crippen molar-refractivity contribution < 1.29 is 14.3 Å². The highest BCUT2D eigenvalue weighted by Gasteiger charge is 2.21. The van der Waals surface area contributed by atoms with Crippen LogP contribution in [0.5, 0.6) is 0 Å². The molecule has 0 unspecified atom stereocenters. The number of hydrogen-bond donors (Lipinski definition) is 1. The molecule has 1 heterocycles. The molecule has 1 aromatic heterocycles. The van der Waals surface area contributed by atoms with Crippen LogP contribution in [0.2, 0.25) is 0 Å². The first-order valence-corrected chi connectivity index (χ1v) is 9.78. The van der Waals surface area contributed by atoms with E-state index >= 15 is 0 Å². The standard InChI is InChI=1S/C21H23N3O3S/c1-6-27-21(26)17-10-16(11-22)20(23-14(17)4)28-15(5)19(25)24-18-9-12(2)7-8-13(18)3/h7-10,15H,6H2,1-5H3,(H,24,25)/t15-/m1/s1. The maximum atomic E-state index is 12.6. The van der Waals surface area contributed by atoms with Crippen LogP contribution in [0, 0.1) is 32.1 Å². The van der Waals surface area contributed by atoms with Crippen molar-refractivity contribution in [3.05, 3.63) is 52.2 Å². The molecule has 0 bridgehead atoms. The highest BCUT2D eigenvalue weighted by Crippen LogP contribution is 2.28. The summed E-state index contributed by atoms with van der Waals surface area (Å²) in [4.78, 5) is 29.0. The number of benzene rings is 1. The van der Waals surface area contributed by atoms with Gasteiger partial charge in [-0.15, -0.1) is 0 Å². The topological polar surface area (TPSA) is 92.1 Å². The van der Waals surface area contributed by atoms with Crippen LogP contribution in [0.1, 0.15) is 46.6 Å². The Hall–Kier alpha value is -2.85. The lowest BCUT2D eigenvalue weighted by atomic mass is 10.1. The summed E-state index contributed by atoms with van der Waals surface area (Å²) >= 11 is 1.18. The monoisotopic (exact) mass is 397 g/mol. The molecule has 0 saturated heterocycles. The van der Waals surface area contributed by atoms with E-state index in [1.165, 1.54) is 17.8 Å². The molecule has 28 heavy (non-hydrogen) atoms. The van der Waals surface area contributed by atoms with Gasteiger partial charge in [-0.25, -0.2) is 9.78 Å². The van der Waals surface area contributed by atoms with Gasteiger partial charge in [0.05, 0.1) is 28.7 Å². The maximum Gasteiger partial charge on any atom is 0.340 e. The van der Waals surface area contributed by atoms with E-state index in [2.05, 4.69) is 10.3 Å². The lowest BCUT2D eigenvalue weighted by Gasteiger charge is -2.15. The summed E-state index contributed by atoms with van der Waals surface area (Å²) in [5.74, 6) is -0.697.